The number of rotatable bonds is 5. The van der Waals surface area contributed by atoms with Gasteiger partial charge in [-0.25, -0.2) is 4.98 Å². The van der Waals surface area contributed by atoms with Crippen molar-refractivity contribution in [3.63, 3.8) is 0 Å². The first-order valence-corrected chi connectivity index (χ1v) is 6.49. The van der Waals surface area contributed by atoms with Crippen molar-refractivity contribution in [1.82, 2.24) is 4.98 Å². The molecule has 0 N–H and O–H groups in total. The van der Waals surface area contributed by atoms with E-state index in [0.29, 0.717) is 12.0 Å². The minimum Gasteiger partial charge on any atom is -0.426 e. The van der Waals surface area contributed by atoms with Crippen molar-refractivity contribution >= 4 is 11.4 Å². The predicted molar refractivity (Wildman–Crippen MR) is 78.2 cm³/mol. The fourth-order valence-corrected chi connectivity index (χ4v) is 1.94. The number of ether oxygens (including phenoxy) is 1. The van der Waals surface area contributed by atoms with Crippen molar-refractivity contribution in [3.05, 3.63) is 61.8 Å². The normalized spacial score (nSPS) is 10.3. The van der Waals surface area contributed by atoms with Crippen LogP contribution in [0.3, 0.4) is 0 Å². The summed E-state index contributed by atoms with van der Waals surface area (Å²) in [5.41, 5.74) is 0.571. The Hall–Kier alpha value is -3.03. The van der Waals surface area contributed by atoms with Gasteiger partial charge in [-0.05, 0) is 31.0 Å². The van der Waals surface area contributed by atoms with Crippen molar-refractivity contribution in [1.29, 1.82) is 0 Å². The lowest BCUT2D eigenvalue weighted by Crippen LogP contribution is -2.00. The van der Waals surface area contributed by atoms with Gasteiger partial charge in [0, 0.05) is 17.8 Å². The highest BCUT2D eigenvalue weighted by Crippen LogP contribution is 2.36. The summed E-state index contributed by atoms with van der Waals surface area (Å²) >= 11 is 0. The lowest BCUT2D eigenvalue weighted by atomic mass is 10.1. The van der Waals surface area contributed by atoms with Gasteiger partial charge in [0.25, 0.3) is 5.88 Å². The first-order chi connectivity index (χ1) is 10.4. The molecule has 2 aromatic rings. The lowest BCUT2D eigenvalue weighted by molar-refractivity contribution is -0.388. The van der Waals surface area contributed by atoms with Crippen LogP contribution in [0.4, 0.5) is 11.4 Å². The topological polar surface area (TPSA) is 108 Å². The van der Waals surface area contributed by atoms with E-state index in [1.165, 1.54) is 24.4 Å². The molecule has 8 nitrogen and oxygen atoms in total. The lowest BCUT2D eigenvalue weighted by Gasteiger charge is -2.08. The van der Waals surface area contributed by atoms with Crippen molar-refractivity contribution in [2.75, 3.05) is 0 Å². The number of nitro groups is 2. The maximum atomic E-state index is 11.1. The number of hydrogen-bond donors (Lipinski definition) is 0. The van der Waals surface area contributed by atoms with E-state index in [4.69, 9.17) is 4.74 Å². The fourth-order valence-electron chi connectivity index (χ4n) is 1.94. The van der Waals surface area contributed by atoms with E-state index in [1.807, 2.05) is 6.92 Å². The monoisotopic (exact) mass is 303 g/mol. The molecule has 0 aliphatic rings. The molecule has 0 aliphatic heterocycles. The van der Waals surface area contributed by atoms with Crippen LogP contribution >= 0.6 is 0 Å². The van der Waals surface area contributed by atoms with Gasteiger partial charge in [-0.3, -0.25) is 20.2 Å². The Labute approximate surface area is 125 Å². The average molecular weight is 303 g/mol. The summed E-state index contributed by atoms with van der Waals surface area (Å²) < 4.78 is 5.35. The Morgan fingerprint density at radius 3 is 2.50 bits per heavy atom. The van der Waals surface area contributed by atoms with Crippen LogP contribution in [0.15, 0.2) is 30.5 Å². The van der Waals surface area contributed by atoms with Gasteiger partial charge >= 0.3 is 11.4 Å². The number of nitro benzene ring substituents is 1. The molecule has 0 saturated heterocycles. The molecule has 1 heterocycles. The summed E-state index contributed by atoms with van der Waals surface area (Å²) in [4.78, 5) is 24.8. The Balaban J connectivity index is 2.50. The molecule has 1 aromatic heterocycles. The smallest absolute Gasteiger partial charge is 0.334 e. The van der Waals surface area contributed by atoms with Crippen LogP contribution in [0.1, 0.15) is 18.1 Å². The second kappa shape index (κ2) is 6.17. The third-order valence-electron chi connectivity index (χ3n) is 3.11. The summed E-state index contributed by atoms with van der Waals surface area (Å²) in [7, 11) is 0. The van der Waals surface area contributed by atoms with E-state index in [1.54, 1.807) is 13.0 Å². The molecule has 0 aliphatic carbocycles. The van der Waals surface area contributed by atoms with Gasteiger partial charge in [0.05, 0.1) is 9.85 Å². The summed E-state index contributed by atoms with van der Waals surface area (Å²) in [6, 6.07) is 5.95. The number of aryl methyl sites for hydroxylation is 2. The Bertz CT molecular complexity index is 745. The molecule has 0 amide bonds. The van der Waals surface area contributed by atoms with Crippen molar-refractivity contribution < 1.29 is 14.6 Å². The number of aromatic nitrogens is 1. The van der Waals surface area contributed by atoms with E-state index < -0.39 is 9.85 Å². The van der Waals surface area contributed by atoms with Crippen molar-refractivity contribution in [2.45, 2.75) is 20.3 Å². The molecular formula is C14H13N3O5. The zero-order chi connectivity index (χ0) is 16.3. The van der Waals surface area contributed by atoms with Crippen LogP contribution in [0.25, 0.3) is 0 Å². The summed E-state index contributed by atoms with van der Waals surface area (Å²) in [5, 5.41) is 22.2. The Morgan fingerprint density at radius 1 is 1.18 bits per heavy atom. The van der Waals surface area contributed by atoms with Gasteiger partial charge in [0.15, 0.2) is 0 Å². The zero-order valence-corrected chi connectivity index (χ0v) is 12.0. The first kappa shape index (κ1) is 15.4. The molecule has 0 unspecified atom stereocenters. The SMILES string of the molecule is CCc1ccc(Oc2nccc(C)c2[N+](=O)[O-])c([N+](=O)[O-])c1. The van der Waals surface area contributed by atoms with Crippen LogP contribution in [-0.2, 0) is 6.42 Å². The molecule has 22 heavy (non-hydrogen) atoms. The highest BCUT2D eigenvalue weighted by molar-refractivity contribution is 5.54. The second-order valence-electron chi connectivity index (χ2n) is 4.55. The van der Waals surface area contributed by atoms with Crippen LogP contribution in [0.5, 0.6) is 11.6 Å². The minimum absolute atomic E-state index is 0.0802. The average Bonchev–Trinajstić information content (AvgIpc) is 2.47. The molecule has 8 heteroatoms. The number of nitrogens with zero attached hydrogens (tertiary/aromatic N) is 3. The Kier molecular flexibility index (Phi) is 4.31. The number of pyridine rings is 1. The van der Waals surface area contributed by atoms with Crippen LogP contribution in [0.2, 0.25) is 0 Å². The molecule has 0 radical (unpaired) electrons. The van der Waals surface area contributed by atoms with Crippen molar-refractivity contribution in [3.8, 4) is 11.6 Å². The van der Waals surface area contributed by atoms with Crippen LogP contribution < -0.4 is 4.74 Å². The summed E-state index contributed by atoms with van der Waals surface area (Å²) in [6.07, 6.45) is 1.98. The van der Waals surface area contributed by atoms with Gasteiger partial charge in [0.2, 0.25) is 5.75 Å². The minimum atomic E-state index is -0.621. The summed E-state index contributed by atoms with van der Waals surface area (Å²) in [5.74, 6) is -0.347. The summed E-state index contributed by atoms with van der Waals surface area (Å²) in [6.45, 7) is 3.41. The van der Waals surface area contributed by atoms with E-state index in [2.05, 4.69) is 4.98 Å². The van der Waals surface area contributed by atoms with Crippen LogP contribution in [0, 0.1) is 27.2 Å². The van der Waals surface area contributed by atoms with E-state index in [0.717, 1.165) is 5.56 Å². The quantitative estimate of drug-likeness (QED) is 0.617. The Morgan fingerprint density at radius 2 is 1.91 bits per heavy atom. The first-order valence-electron chi connectivity index (χ1n) is 6.49. The van der Waals surface area contributed by atoms with Gasteiger partial charge < -0.3 is 4.74 Å². The molecule has 2 rings (SSSR count). The molecule has 1 aromatic carbocycles. The molecule has 0 atom stereocenters. The third-order valence-corrected chi connectivity index (χ3v) is 3.11. The molecule has 0 bridgehead atoms. The van der Waals surface area contributed by atoms with Crippen molar-refractivity contribution in [2.24, 2.45) is 0 Å². The molecule has 0 spiro atoms. The fraction of sp³-hybridized carbons (Fsp3) is 0.214. The van der Waals surface area contributed by atoms with Crippen LogP contribution in [-0.4, -0.2) is 14.8 Å². The second-order valence-corrected chi connectivity index (χ2v) is 4.55. The maximum Gasteiger partial charge on any atom is 0.334 e. The predicted octanol–water partition coefficient (Wildman–Crippen LogP) is 3.56. The number of benzene rings is 1. The van der Waals surface area contributed by atoms with Gasteiger partial charge in [-0.2, -0.15) is 0 Å². The van der Waals surface area contributed by atoms with Gasteiger partial charge in [-0.1, -0.05) is 13.0 Å². The van der Waals surface area contributed by atoms with E-state index in [9.17, 15) is 20.2 Å². The molecule has 0 fully saturated rings. The molecule has 0 saturated carbocycles. The maximum absolute atomic E-state index is 11.1. The highest BCUT2D eigenvalue weighted by Gasteiger charge is 2.24. The highest BCUT2D eigenvalue weighted by atomic mass is 16.6. The molecular weight excluding hydrogens is 290 g/mol. The zero-order valence-electron chi connectivity index (χ0n) is 12.0. The standard InChI is InChI=1S/C14H13N3O5/c1-3-10-4-5-12(11(8-10)16(18)19)22-14-13(17(20)21)9(2)6-7-15-14/h4-8H,3H2,1-2H3. The number of hydrogen-bond acceptors (Lipinski definition) is 6. The van der Waals surface area contributed by atoms with E-state index >= 15 is 0 Å². The van der Waals surface area contributed by atoms with Gasteiger partial charge in [0.1, 0.15) is 0 Å². The van der Waals surface area contributed by atoms with E-state index in [-0.39, 0.29) is 23.0 Å². The third kappa shape index (κ3) is 3.00. The largest absolute Gasteiger partial charge is 0.426 e. The van der Waals surface area contributed by atoms with Gasteiger partial charge in [-0.15, -0.1) is 0 Å². The molecule has 114 valence electrons.